The first kappa shape index (κ1) is 20.2. The highest BCUT2D eigenvalue weighted by Gasteiger charge is 2.30. The van der Waals surface area contributed by atoms with Crippen molar-refractivity contribution in [3.05, 3.63) is 59.7 Å². The van der Waals surface area contributed by atoms with Crippen LogP contribution in [0.3, 0.4) is 0 Å². The summed E-state index contributed by atoms with van der Waals surface area (Å²) < 4.78 is 44.1. The lowest BCUT2D eigenvalue weighted by atomic mass is 10.0. The average molecular weight is 392 g/mol. The summed E-state index contributed by atoms with van der Waals surface area (Å²) in [6.45, 7) is 3.73. The number of halogens is 3. The Labute approximate surface area is 162 Å². The molecule has 1 heterocycles. The summed E-state index contributed by atoms with van der Waals surface area (Å²) in [7, 11) is 0. The molecule has 1 aliphatic rings. The zero-order valence-corrected chi connectivity index (χ0v) is 15.6. The molecule has 3 rings (SSSR count). The van der Waals surface area contributed by atoms with Gasteiger partial charge in [0, 0.05) is 32.6 Å². The van der Waals surface area contributed by atoms with Gasteiger partial charge in [0.05, 0.1) is 5.56 Å². The number of hydrogen-bond donors (Lipinski definition) is 1. The fourth-order valence-electron chi connectivity index (χ4n) is 3.25. The normalized spacial score (nSPS) is 15.5. The molecule has 2 aromatic carbocycles. The van der Waals surface area contributed by atoms with Crippen LogP contribution in [0.1, 0.15) is 30.9 Å². The molecule has 1 saturated heterocycles. The van der Waals surface area contributed by atoms with Crippen LogP contribution in [0.25, 0.3) is 0 Å². The number of carbonyl (C=O) groups excluding carboxylic acids is 1. The van der Waals surface area contributed by atoms with Gasteiger partial charge in [0.1, 0.15) is 11.5 Å². The molecular formula is C21H23F3N2O2. The Kier molecular flexibility index (Phi) is 6.24. The summed E-state index contributed by atoms with van der Waals surface area (Å²) in [4.78, 5) is 13.2. The average Bonchev–Trinajstić information content (AvgIpc) is 2.66. The molecule has 28 heavy (non-hydrogen) atoms. The van der Waals surface area contributed by atoms with Crippen molar-refractivity contribution in [1.82, 2.24) is 10.2 Å². The van der Waals surface area contributed by atoms with E-state index in [4.69, 9.17) is 4.74 Å². The second kappa shape index (κ2) is 8.65. The second-order valence-corrected chi connectivity index (χ2v) is 6.94. The Bertz CT molecular complexity index is 815. The highest BCUT2D eigenvalue weighted by molar-refractivity contribution is 5.73. The van der Waals surface area contributed by atoms with E-state index in [1.54, 1.807) is 13.0 Å². The maximum atomic E-state index is 12.8. The van der Waals surface area contributed by atoms with Gasteiger partial charge >= 0.3 is 6.18 Å². The minimum Gasteiger partial charge on any atom is -0.457 e. The molecule has 0 spiro atoms. The smallest absolute Gasteiger partial charge is 0.416 e. The van der Waals surface area contributed by atoms with Gasteiger partial charge in [-0.2, -0.15) is 13.2 Å². The van der Waals surface area contributed by atoms with Crippen molar-refractivity contribution in [2.75, 3.05) is 13.1 Å². The third kappa shape index (κ3) is 5.48. The number of alkyl halides is 3. The summed E-state index contributed by atoms with van der Waals surface area (Å²) in [6, 6.07) is 12.5. The molecule has 150 valence electrons. The first-order valence-electron chi connectivity index (χ1n) is 9.24. The van der Waals surface area contributed by atoms with E-state index in [2.05, 4.69) is 5.32 Å². The topological polar surface area (TPSA) is 41.6 Å². The van der Waals surface area contributed by atoms with E-state index in [1.807, 2.05) is 23.1 Å². The van der Waals surface area contributed by atoms with Crippen molar-refractivity contribution in [2.45, 2.75) is 38.5 Å². The van der Waals surface area contributed by atoms with Crippen LogP contribution in [0.2, 0.25) is 0 Å². The van der Waals surface area contributed by atoms with Crippen LogP contribution in [0.15, 0.2) is 48.5 Å². The van der Waals surface area contributed by atoms with E-state index in [-0.39, 0.29) is 11.7 Å². The minimum atomic E-state index is -4.40. The van der Waals surface area contributed by atoms with E-state index in [0.29, 0.717) is 18.3 Å². The highest BCUT2D eigenvalue weighted by Crippen LogP contribution is 2.32. The number of ether oxygens (including phenoxy) is 1. The van der Waals surface area contributed by atoms with Crippen LogP contribution >= 0.6 is 0 Å². The standard InChI is InChI=1S/C21H23F3N2O2/c1-15(27)26-10-8-18(9-11-26)25-14-16-4-2-6-19(12-16)28-20-7-3-5-17(13-20)21(22,23)24/h2-7,12-13,18,25H,8-11,14H2,1H3. The Morgan fingerprint density at radius 2 is 1.75 bits per heavy atom. The van der Waals surface area contributed by atoms with Gasteiger partial charge in [0.25, 0.3) is 0 Å². The molecule has 1 fully saturated rings. The largest absolute Gasteiger partial charge is 0.457 e. The lowest BCUT2D eigenvalue weighted by Crippen LogP contribution is -2.43. The molecule has 7 heteroatoms. The van der Waals surface area contributed by atoms with Gasteiger partial charge in [0.15, 0.2) is 0 Å². The van der Waals surface area contributed by atoms with Gasteiger partial charge in [0.2, 0.25) is 5.91 Å². The Morgan fingerprint density at radius 1 is 1.11 bits per heavy atom. The van der Waals surface area contributed by atoms with E-state index in [0.717, 1.165) is 43.6 Å². The summed E-state index contributed by atoms with van der Waals surface area (Å²) in [5, 5.41) is 3.48. The third-order valence-electron chi connectivity index (χ3n) is 4.83. The van der Waals surface area contributed by atoms with Crippen molar-refractivity contribution in [2.24, 2.45) is 0 Å². The number of piperidine rings is 1. The van der Waals surface area contributed by atoms with Gasteiger partial charge in [-0.25, -0.2) is 0 Å². The number of nitrogens with zero attached hydrogens (tertiary/aromatic N) is 1. The van der Waals surface area contributed by atoms with Crippen molar-refractivity contribution in [3.63, 3.8) is 0 Å². The first-order chi connectivity index (χ1) is 13.3. The SMILES string of the molecule is CC(=O)N1CCC(NCc2cccc(Oc3cccc(C(F)(F)F)c3)c2)CC1. The number of amides is 1. The number of carbonyl (C=O) groups is 1. The second-order valence-electron chi connectivity index (χ2n) is 6.94. The zero-order valence-electron chi connectivity index (χ0n) is 15.6. The number of nitrogens with one attached hydrogen (secondary N) is 1. The van der Waals surface area contributed by atoms with Crippen LogP contribution in [-0.2, 0) is 17.5 Å². The maximum absolute atomic E-state index is 12.8. The van der Waals surface area contributed by atoms with E-state index in [1.165, 1.54) is 12.1 Å². The highest BCUT2D eigenvalue weighted by atomic mass is 19.4. The molecule has 0 bridgehead atoms. The molecular weight excluding hydrogens is 369 g/mol. The van der Waals surface area contributed by atoms with Crippen molar-refractivity contribution in [1.29, 1.82) is 0 Å². The van der Waals surface area contributed by atoms with Gasteiger partial charge in [-0.3, -0.25) is 4.79 Å². The Morgan fingerprint density at radius 3 is 2.39 bits per heavy atom. The molecule has 0 unspecified atom stereocenters. The maximum Gasteiger partial charge on any atom is 0.416 e. The van der Waals surface area contributed by atoms with Crippen LogP contribution < -0.4 is 10.1 Å². The Hall–Kier alpha value is -2.54. The molecule has 0 radical (unpaired) electrons. The quantitative estimate of drug-likeness (QED) is 0.809. The van der Waals surface area contributed by atoms with E-state index in [9.17, 15) is 18.0 Å². The van der Waals surface area contributed by atoms with Gasteiger partial charge in [-0.1, -0.05) is 18.2 Å². The van der Waals surface area contributed by atoms with Gasteiger partial charge < -0.3 is 15.0 Å². The van der Waals surface area contributed by atoms with Gasteiger partial charge in [-0.05, 0) is 48.7 Å². The van der Waals surface area contributed by atoms with Crippen molar-refractivity contribution < 1.29 is 22.7 Å². The lowest BCUT2D eigenvalue weighted by molar-refractivity contribution is -0.137. The molecule has 0 saturated carbocycles. The fourth-order valence-corrected chi connectivity index (χ4v) is 3.25. The summed E-state index contributed by atoms with van der Waals surface area (Å²) >= 11 is 0. The first-order valence-corrected chi connectivity index (χ1v) is 9.24. The molecule has 0 aliphatic carbocycles. The predicted molar refractivity (Wildman–Crippen MR) is 100 cm³/mol. The third-order valence-corrected chi connectivity index (χ3v) is 4.83. The number of benzene rings is 2. The minimum absolute atomic E-state index is 0.109. The molecule has 1 aliphatic heterocycles. The summed E-state index contributed by atoms with van der Waals surface area (Å²) in [5.41, 5.74) is 0.248. The van der Waals surface area contributed by atoms with Crippen LogP contribution in [0.4, 0.5) is 13.2 Å². The van der Waals surface area contributed by atoms with E-state index < -0.39 is 11.7 Å². The van der Waals surface area contributed by atoms with Crippen LogP contribution in [-0.4, -0.2) is 29.9 Å². The molecule has 0 atom stereocenters. The van der Waals surface area contributed by atoms with Crippen LogP contribution in [0.5, 0.6) is 11.5 Å². The van der Waals surface area contributed by atoms with Gasteiger partial charge in [-0.15, -0.1) is 0 Å². The zero-order chi connectivity index (χ0) is 20.1. The fraction of sp³-hybridized carbons (Fsp3) is 0.381. The number of likely N-dealkylation sites (tertiary alicyclic amines) is 1. The molecule has 2 aromatic rings. The lowest BCUT2D eigenvalue weighted by Gasteiger charge is -2.31. The van der Waals surface area contributed by atoms with Crippen molar-refractivity contribution in [3.8, 4) is 11.5 Å². The summed E-state index contributed by atoms with van der Waals surface area (Å²) in [5.74, 6) is 0.749. The molecule has 4 nitrogen and oxygen atoms in total. The Balaban J connectivity index is 1.57. The van der Waals surface area contributed by atoms with Crippen LogP contribution in [0, 0.1) is 0 Å². The monoisotopic (exact) mass is 392 g/mol. The molecule has 1 amide bonds. The number of hydrogen-bond acceptors (Lipinski definition) is 3. The van der Waals surface area contributed by atoms with E-state index >= 15 is 0 Å². The molecule has 0 aromatic heterocycles. The predicted octanol–water partition coefficient (Wildman–Crippen LogP) is 4.60. The number of rotatable bonds is 5. The van der Waals surface area contributed by atoms with Crippen molar-refractivity contribution >= 4 is 5.91 Å². The summed E-state index contributed by atoms with van der Waals surface area (Å²) in [6.07, 6.45) is -2.59. The molecule has 1 N–H and O–H groups in total.